The quantitative estimate of drug-likeness (QED) is 0.479. The molecule has 4 rings (SSSR count). The lowest BCUT2D eigenvalue weighted by Gasteiger charge is -2.15. The molecule has 1 aliphatic rings. The number of unbranched alkanes of at least 4 members (excludes halogenated alkanes) is 1. The summed E-state index contributed by atoms with van der Waals surface area (Å²) in [6, 6.07) is 9.70. The highest BCUT2D eigenvalue weighted by molar-refractivity contribution is 5.30. The number of aryl methyl sites for hydroxylation is 2. The number of H-pyrrole nitrogens is 1. The maximum Gasteiger partial charge on any atom is 0.328 e. The predicted molar refractivity (Wildman–Crippen MR) is 117 cm³/mol. The summed E-state index contributed by atoms with van der Waals surface area (Å²) >= 11 is 0. The summed E-state index contributed by atoms with van der Waals surface area (Å²) in [4.78, 5) is 25.2. The van der Waals surface area contributed by atoms with Crippen LogP contribution >= 0.6 is 0 Å². The first-order chi connectivity index (χ1) is 15.1. The van der Waals surface area contributed by atoms with E-state index in [-0.39, 0.29) is 17.2 Å². The van der Waals surface area contributed by atoms with E-state index in [0.717, 1.165) is 49.8 Å². The van der Waals surface area contributed by atoms with Crippen LogP contribution < -0.4 is 16.0 Å². The fraction of sp³-hybridized carbons (Fsp3) is 0.478. The third-order valence-corrected chi connectivity index (χ3v) is 5.73. The van der Waals surface area contributed by atoms with Gasteiger partial charge in [0.25, 0.3) is 5.56 Å². The molecule has 1 fully saturated rings. The van der Waals surface area contributed by atoms with Crippen LogP contribution in [0.4, 0.5) is 0 Å². The normalized spacial score (nSPS) is 14.5. The van der Waals surface area contributed by atoms with Gasteiger partial charge in [-0.2, -0.15) is 0 Å². The minimum absolute atomic E-state index is 0.282. The van der Waals surface area contributed by atoms with Gasteiger partial charge in [-0.05, 0) is 55.7 Å². The zero-order valence-electron chi connectivity index (χ0n) is 17.9. The van der Waals surface area contributed by atoms with Crippen LogP contribution in [0.2, 0.25) is 0 Å². The molecule has 0 aliphatic heterocycles. The van der Waals surface area contributed by atoms with Crippen molar-refractivity contribution < 1.29 is 4.74 Å². The molecule has 0 amide bonds. The van der Waals surface area contributed by atoms with Crippen molar-refractivity contribution in [2.24, 2.45) is 5.92 Å². The van der Waals surface area contributed by atoms with Crippen LogP contribution in [-0.2, 0) is 19.5 Å². The molecule has 31 heavy (non-hydrogen) atoms. The lowest BCUT2D eigenvalue weighted by atomic mass is 10.0. The van der Waals surface area contributed by atoms with Gasteiger partial charge in [0.2, 0.25) is 0 Å². The van der Waals surface area contributed by atoms with Crippen LogP contribution in [0.5, 0.6) is 5.75 Å². The van der Waals surface area contributed by atoms with E-state index >= 15 is 0 Å². The number of hydrogen-bond acceptors (Lipinski definition) is 5. The average molecular weight is 424 g/mol. The molecule has 1 saturated carbocycles. The van der Waals surface area contributed by atoms with Gasteiger partial charge in [0.1, 0.15) is 5.75 Å². The highest BCUT2D eigenvalue weighted by Gasteiger charge is 2.22. The maximum atomic E-state index is 11.7. The summed E-state index contributed by atoms with van der Waals surface area (Å²) < 4.78 is 9.41. The highest BCUT2D eigenvalue weighted by Crippen LogP contribution is 2.30. The van der Waals surface area contributed by atoms with Gasteiger partial charge in [-0.25, -0.2) is 9.48 Å². The van der Waals surface area contributed by atoms with Crippen LogP contribution in [-0.4, -0.2) is 31.2 Å². The molecule has 1 atom stereocenters. The smallest absolute Gasteiger partial charge is 0.328 e. The summed E-state index contributed by atoms with van der Waals surface area (Å²) in [5.74, 6) is 1.96. The number of rotatable bonds is 11. The van der Waals surface area contributed by atoms with Gasteiger partial charge in [0.05, 0.1) is 18.5 Å². The third-order valence-electron chi connectivity index (χ3n) is 5.73. The molecule has 3 aromatic rings. The van der Waals surface area contributed by atoms with Crippen molar-refractivity contribution in [1.82, 2.24) is 24.5 Å². The zero-order valence-corrected chi connectivity index (χ0v) is 17.9. The van der Waals surface area contributed by atoms with E-state index in [1.165, 1.54) is 35.2 Å². The van der Waals surface area contributed by atoms with E-state index in [0.29, 0.717) is 6.54 Å². The first kappa shape index (κ1) is 21.1. The number of nitrogens with zero attached hydrogens (tertiary/aromatic N) is 4. The Hall–Kier alpha value is -3.16. The topological polar surface area (TPSA) is 94.8 Å². The van der Waals surface area contributed by atoms with E-state index in [1.54, 1.807) is 0 Å². The van der Waals surface area contributed by atoms with Crippen molar-refractivity contribution in [2.75, 3.05) is 6.61 Å². The van der Waals surface area contributed by atoms with Crippen LogP contribution in [0.3, 0.4) is 0 Å². The Bertz CT molecular complexity index is 1110. The van der Waals surface area contributed by atoms with Crippen molar-refractivity contribution in [3.63, 3.8) is 0 Å². The largest absolute Gasteiger partial charge is 0.493 e. The molecule has 1 N–H and O–H groups in total. The Balaban J connectivity index is 1.29. The number of benzene rings is 1. The zero-order chi connectivity index (χ0) is 21.6. The van der Waals surface area contributed by atoms with E-state index in [2.05, 4.69) is 40.4 Å². The maximum absolute atomic E-state index is 11.7. The minimum atomic E-state index is -0.370. The van der Waals surface area contributed by atoms with Crippen LogP contribution in [0.25, 0.3) is 0 Å². The lowest BCUT2D eigenvalue weighted by Crippen LogP contribution is -2.28. The summed E-state index contributed by atoms with van der Waals surface area (Å²) in [6.45, 7) is 4.33. The molecular weight excluding hydrogens is 394 g/mol. The van der Waals surface area contributed by atoms with Crippen LogP contribution in [0.1, 0.15) is 49.8 Å². The number of aromatic nitrogens is 5. The second-order valence-electron chi connectivity index (χ2n) is 8.40. The second-order valence-corrected chi connectivity index (χ2v) is 8.40. The number of ether oxygens (including phenoxy) is 1. The van der Waals surface area contributed by atoms with Crippen molar-refractivity contribution in [1.29, 1.82) is 0 Å². The molecule has 2 heterocycles. The molecule has 0 spiro atoms. The summed E-state index contributed by atoms with van der Waals surface area (Å²) in [6.07, 6.45) is 8.48. The first-order valence-electron chi connectivity index (χ1n) is 11.0. The molecule has 0 unspecified atom stereocenters. The molecule has 8 heteroatoms. The summed E-state index contributed by atoms with van der Waals surface area (Å²) in [7, 11) is 0. The number of hydrogen-bond donors (Lipinski definition) is 1. The fourth-order valence-electron chi connectivity index (χ4n) is 3.61. The van der Waals surface area contributed by atoms with Gasteiger partial charge in [0, 0.05) is 31.3 Å². The number of aromatic amines is 1. The molecular formula is C23H29N5O3. The van der Waals surface area contributed by atoms with Crippen molar-refractivity contribution in [3.8, 4) is 5.75 Å². The first-order valence-corrected chi connectivity index (χ1v) is 11.0. The summed E-state index contributed by atoms with van der Waals surface area (Å²) in [5.41, 5.74) is 1.58. The van der Waals surface area contributed by atoms with Crippen molar-refractivity contribution in [2.45, 2.75) is 58.0 Å². The third kappa shape index (κ3) is 5.93. The molecule has 1 aliphatic carbocycles. The number of nitrogens with one attached hydrogen (secondary N) is 1. The van der Waals surface area contributed by atoms with Gasteiger partial charge < -0.3 is 9.30 Å². The molecule has 0 bridgehead atoms. The molecule has 0 saturated heterocycles. The molecule has 0 radical (unpaired) electrons. The summed E-state index contributed by atoms with van der Waals surface area (Å²) in [5, 5.41) is 8.37. The Morgan fingerprint density at radius 3 is 2.90 bits per heavy atom. The van der Waals surface area contributed by atoms with E-state index in [1.807, 2.05) is 16.9 Å². The van der Waals surface area contributed by atoms with E-state index < -0.39 is 0 Å². The molecule has 2 aromatic heterocycles. The Morgan fingerprint density at radius 2 is 2.10 bits per heavy atom. The molecule has 8 nitrogen and oxygen atoms in total. The Labute approximate surface area is 180 Å². The van der Waals surface area contributed by atoms with Gasteiger partial charge in [-0.3, -0.25) is 9.78 Å². The van der Waals surface area contributed by atoms with Crippen molar-refractivity contribution in [3.05, 3.63) is 74.8 Å². The van der Waals surface area contributed by atoms with Gasteiger partial charge in [-0.15, -0.1) is 5.10 Å². The fourth-order valence-corrected chi connectivity index (χ4v) is 3.61. The SMILES string of the molecule is C[C@@H](Cn1nncc1CCCCn1ccc(=O)[nH]c1=O)c1cccc(OCC2CC2)c1. The second kappa shape index (κ2) is 9.76. The van der Waals surface area contributed by atoms with Gasteiger partial charge in [0.15, 0.2) is 0 Å². The minimum Gasteiger partial charge on any atom is -0.493 e. The molecule has 164 valence electrons. The Morgan fingerprint density at radius 1 is 1.23 bits per heavy atom. The average Bonchev–Trinajstić information content (AvgIpc) is 3.50. The molecule has 1 aromatic carbocycles. The predicted octanol–water partition coefficient (Wildman–Crippen LogP) is 2.74. The van der Waals surface area contributed by atoms with E-state index in [4.69, 9.17) is 4.74 Å². The standard InChI is InChI=1S/C23H29N5O3/c1-17(19-5-4-7-21(13-19)31-16-18-8-9-18)15-28-20(14-24-26-28)6-2-3-11-27-12-10-22(29)25-23(27)30/h4-5,7,10,12-14,17-18H,2-3,6,8-9,11,15-16H2,1H3,(H,25,29,30)/t17-/m0/s1. The van der Waals surface area contributed by atoms with Crippen LogP contribution in [0, 0.1) is 5.92 Å². The van der Waals surface area contributed by atoms with Crippen molar-refractivity contribution >= 4 is 0 Å². The van der Waals surface area contributed by atoms with Crippen LogP contribution in [0.15, 0.2) is 52.3 Å². The Kier molecular flexibility index (Phi) is 6.64. The van der Waals surface area contributed by atoms with Gasteiger partial charge in [-0.1, -0.05) is 24.3 Å². The van der Waals surface area contributed by atoms with E-state index in [9.17, 15) is 9.59 Å². The highest BCUT2D eigenvalue weighted by atomic mass is 16.5. The van der Waals surface area contributed by atoms with Gasteiger partial charge >= 0.3 is 5.69 Å². The lowest BCUT2D eigenvalue weighted by molar-refractivity contribution is 0.299. The monoisotopic (exact) mass is 423 g/mol.